The fraction of sp³-hybridized carbons (Fsp3) is 0.261. The summed E-state index contributed by atoms with van der Waals surface area (Å²) in [5, 5.41) is 0. The number of amides is 1. The third-order valence-electron chi connectivity index (χ3n) is 5.21. The zero-order valence-electron chi connectivity index (χ0n) is 15.6. The Kier molecular flexibility index (Phi) is 5.42. The Bertz CT molecular complexity index is 944. The van der Waals surface area contributed by atoms with Crippen molar-refractivity contribution in [2.75, 3.05) is 13.1 Å². The number of pyridine rings is 2. The predicted molar refractivity (Wildman–Crippen MR) is 106 cm³/mol. The molecule has 0 unspecified atom stereocenters. The van der Waals surface area contributed by atoms with E-state index < -0.39 is 0 Å². The van der Waals surface area contributed by atoms with Crippen LogP contribution in [0.4, 0.5) is 4.39 Å². The van der Waals surface area contributed by atoms with Gasteiger partial charge >= 0.3 is 0 Å². The van der Waals surface area contributed by atoms with E-state index in [2.05, 4.69) is 4.98 Å². The topological polar surface area (TPSA) is 46.1 Å². The van der Waals surface area contributed by atoms with Crippen molar-refractivity contribution in [3.63, 3.8) is 0 Å². The lowest BCUT2D eigenvalue weighted by molar-refractivity contribution is -0.131. The lowest BCUT2D eigenvalue weighted by Gasteiger charge is -2.32. The van der Waals surface area contributed by atoms with Crippen molar-refractivity contribution in [3.8, 4) is 11.3 Å². The molecule has 1 saturated heterocycles. The molecule has 2 aromatic heterocycles. The van der Waals surface area contributed by atoms with Gasteiger partial charge in [0.1, 0.15) is 5.82 Å². The van der Waals surface area contributed by atoms with Gasteiger partial charge in [0.15, 0.2) is 0 Å². The number of halogens is 1. The molecule has 1 fully saturated rings. The van der Waals surface area contributed by atoms with Crippen LogP contribution < -0.4 is 0 Å². The first kappa shape index (κ1) is 18.3. The van der Waals surface area contributed by atoms with Gasteiger partial charge in [0.2, 0.25) is 5.91 Å². The summed E-state index contributed by atoms with van der Waals surface area (Å²) in [6.07, 6.45) is 5.81. The maximum atomic E-state index is 13.2. The Hall–Kier alpha value is -3.08. The standard InChI is InChI=1S/C23H22FN3O/c24-20-8-6-18(7-9-20)21-4-1-5-22(26-21)19-3-2-14-27(16-19)23(28)15-17-10-12-25-13-11-17/h1,4-13,19H,2-3,14-16H2/t19-/m0/s1. The molecule has 4 rings (SSSR count). The van der Waals surface area contributed by atoms with E-state index in [1.54, 1.807) is 24.5 Å². The molecule has 4 nitrogen and oxygen atoms in total. The van der Waals surface area contributed by atoms with E-state index in [1.165, 1.54) is 12.1 Å². The maximum absolute atomic E-state index is 13.2. The highest BCUT2D eigenvalue weighted by atomic mass is 19.1. The molecular weight excluding hydrogens is 353 g/mol. The van der Waals surface area contributed by atoms with Gasteiger partial charge in [-0.2, -0.15) is 0 Å². The quantitative estimate of drug-likeness (QED) is 0.685. The second kappa shape index (κ2) is 8.30. The molecule has 1 atom stereocenters. The van der Waals surface area contributed by atoms with Crippen molar-refractivity contribution in [1.29, 1.82) is 0 Å². The number of hydrogen-bond donors (Lipinski definition) is 0. The number of carbonyl (C=O) groups is 1. The van der Waals surface area contributed by atoms with Crippen molar-refractivity contribution in [3.05, 3.63) is 84.1 Å². The number of aromatic nitrogens is 2. The summed E-state index contributed by atoms with van der Waals surface area (Å²) in [6, 6.07) is 16.1. The fourth-order valence-electron chi connectivity index (χ4n) is 3.69. The zero-order valence-corrected chi connectivity index (χ0v) is 15.6. The Labute approximate surface area is 164 Å². The molecule has 0 bridgehead atoms. The smallest absolute Gasteiger partial charge is 0.227 e. The van der Waals surface area contributed by atoms with Crippen LogP contribution in [-0.2, 0) is 11.2 Å². The minimum atomic E-state index is -0.254. The summed E-state index contributed by atoms with van der Waals surface area (Å²) in [5.41, 5.74) is 3.70. The van der Waals surface area contributed by atoms with Gasteiger partial charge < -0.3 is 4.90 Å². The maximum Gasteiger partial charge on any atom is 0.227 e. The molecule has 0 spiro atoms. The monoisotopic (exact) mass is 375 g/mol. The molecule has 1 aliphatic rings. The number of nitrogens with zero attached hydrogens (tertiary/aromatic N) is 3. The van der Waals surface area contributed by atoms with Crippen molar-refractivity contribution < 1.29 is 9.18 Å². The molecular formula is C23H22FN3O. The number of carbonyl (C=O) groups excluding carboxylic acids is 1. The number of benzene rings is 1. The molecule has 0 aliphatic carbocycles. The first-order valence-corrected chi connectivity index (χ1v) is 9.58. The van der Waals surface area contributed by atoms with Gasteiger partial charge in [0.25, 0.3) is 0 Å². The van der Waals surface area contributed by atoms with E-state index >= 15 is 0 Å². The minimum Gasteiger partial charge on any atom is -0.342 e. The molecule has 142 valence electrons. The molecule has 1 aromatic carbocycles. The van der Waals surface area contributed by atoms with Gasteiger partial charge in [-0.15, -0.1) is 0 Å². The fourth-order valence-corrected chi connectivity index (χ4v) is 3.69. The molecule has 28 heavy (non-hydrogen) atoms. The molecule has 0 radical (unpaired) electrons. The van der Waals surface area contributed by atoms with Gasteiger partial charge in [-0.1, -0.05) is 6.07 Å². The Morgan fingerprint density at radius 2 is 1.86 bits per heavy atom. The Balaban J connectivity index is 1.48. The lowest BCUT2D eigenvalue weighted by Crippen LogP contribution is -2.40. The molecule has 0 saturated carbocycles. The second-order valence-corrected chi connectivity index (χ2v) is 7.17. The van der Waals surface area contributed by atoms with Crippen LogP contribution in [0.15, 0.2) is 67.0 Å². The summed E-state index contributed by atoms with van der Waals surface area (Å²) < 4.78 is 13.2. The van der Waals surface area contributed by atoms with Crippen LogP contribution >= 0.6 is 0 Å². The van der Waals surface area contributed by atoms with Crippen LogP contribution in [0.5, 0.6) is 0 Å². The van der Waals surface area contributed by atoms with Crippen molar-refractivity contribution in [1.82, 2.24) is 14.9 Å². The van der Waals surface area contributed by atoms with Crippen molar-refractivity contribution in [2.45, 2.75) is 25.2 Å². The van der Waals surface area contributed by atoms with Crippen LogP contribution in [-0.4, -0.2) is 33.9 Å². The summed E-state index contributed by atoms with van der Waals surface area (Å²) in [4.78, 5) is 23.5. The summed E-state index contributed by atoms with van der Waals surface area (Å²) in [7, 11) is 0. The van der Waals surface area contributed by atoms with E-state index in [9.17, 15) is 9.18 Å². The van der Waals surface area contributed by atoms with E-state index in [0.717, 1.165) is 41.9 Å². The molecule has 3 heterocycles. The Morgan fingerprint density at radius 3 is 2.64 bits per heavy atom. The summed E-state index contributed by atoms with van der Waals surface area (Å²) >= 11 is 0. The first-order chi connectivity index (χ1) is 13.7. The molecule has 3 aromatic rings. The molecule has 5 heteroatoms. The zero-order chi connectivity index (χ0) is 19.3. The van der Waals surface area contributed by atoms with E-state index in [0.29, 0.717) is 13.0 Å². The highest BCUT2D eigenvalue weighted by Gasteiger charge is 2.25. The van der Waals surface area contributed by atoms with Crippen LogP contribution in [0.25, 0.3) is 11.3 Å². The van der Waals surface area contributed by atoms with Crippen LogP contribution in [0.2, 0.25) is 0 Å². The average Bonchev–Trinajstić information content (AvgIpc) is 2.75. The molecule has 0 N–H and O–H groups in total. The van der Waals surface area contributed by atoms with Crippen LogP contribution in [0, 0.1) is 5.82 Å². The van der Waals surface area contributed by atoms with Gasteiger partial charge in [-0.25, -0.2) is 4.39 Å². The first-order valence-electron chi connectivity index (χ1n) is 9.58. The van der Waals surface area contributed by atoms with Crippen molar-refractivity contribution >= 4 is 5.91 Å². The largest absolute Gasteiger partial charge is 0.342 e. The third-order valence-corrected chi connectivity index (χ3v) is 5.21. The van der Waals surface area contributed by atoms with Crippen LogP contribution in [0.1, 0.15) is 30.0 Å². The highest BCUT2D eigenvalue weighted by molar-refractivity contribution is 5.79. The van der Waals surface area contributed by atoms with Gasteiger partial charge in [-0.3, -0.25) is 14.8 Å². The second-order valence-electron chi connectivity index (χ2n) is 7.17. The van der Waals surface area contributed by atoms with Gasteiger partial charge in [0.05, 0.1) is 12.1 Å². The average molecular weight is 375 g/mol. The number of likely N-dealkylation sites (tertiary alicyclic amines) is 1. The van der Waals surface area contributed by atoms with Crippen molar-refractivity contribution in [2.24, 2.45) is 0 Å². The summed E-state index contributed by atoms with van der Waals surface area (Å²) in [5.74, 6) is 0.108. The van der Waals surface area contributed by atoms with Gasteiger partial charge in [0, 0.05) is 42.7 Å². The minimum absolute atomic E-state index is 0.144. The number of hydrogen-bond acceptors (Lipinski definition) is 3. The van der Waals surface area contributed by atoms with E-state index in [-0.39, 0.29) is 17.6 Å². The normalized spacial score (nSPS) is 16.8. The number of piperidine rings is 1. The Morgan fingerprint density at radius 1 is 1.07 bits per heavy atom. The highest BCUT2D eigenvalue weighted by Crippen LogP contribution is 2.28. The van der Waals surface area contributed by atoms with E-state index in [1.807, 2.05) is 35.2 Å². The SMILES string of the molecule is O=C(Cc1ccncc1)N1CCC[C@H](c2cccc(-c3ccc(F)cc3)n2)C1. The summed E-state index contributed by atoms with van der Waals surface area (Å²) in [6.45, 7) is 1.47. The molecule has 1 aliphatic heterocycles. The molecule has 1 amide bonds. The number of rotatable bonds is 4. The van der Waals surface area contributed by atoms with Crippen LogP contribution in [0.3, 0.4) is 0 Å². The third kappa shape index (κ3) is 4.25. The van der Waals surface area contributed by atoms with Gasteiger partial charge in [-0.05, 0) is 66.9 Å². The lowest BCUT2D eigenvalue weighted by atomic mass is 9.93. The predicted octanol–water partition coefficient (Wildman–Crippen LogP) is 4.23. The van der Waals surface area contributed by atoms with E-state index in [4.69, 9.17) is 4.98 Å².